The number of ether oxygens (including phenoxy) is 2. The van der Waals surface area contributed by atoms with Crippen LogP contribution in [0.5, 0.6) is 0 Å². The summed E-state index contributed by atoms with van der Waals surface area (Å²) in [6, 6.07) is 22.0. The van der Waals surface area contributed by atoms with Crippen molar-refractivity contribution in [2.75, 3.05) is 33.3 Å². The van der Waals surface area contributed by atoms with E-state index >= 15 is 4.39 Å². The van der Waals surface area contributed by atoms with E-state index in [1.807, 2.05) is 18.2 Å². The lowest BCUT2D eigenvalue weighted by molar-refractivity contribution is -0.150. The Balaban J connectivity index is 1.41. The second kappa shape index (κ2) is 38.6. The summed E-state index contributed by atoms with van der Waals surface area (Å²) in [5, 5.41) is 34.7. The molecule has 0 unspecified atom stereocenters. The normalized spacial score (nSPS) is 13.4. The van der Waals surface area contributed by atoms with Crippen LogP contribution in [0.15, 0.2) is 121 Å². The number of aromatic nitrogens is 1. The number of aliphatic carboxylic acids is 1. The van der Waals surface area contributed by atoms with Crippen LogP contribution in [0.4, 0.5) is 8.78 Å². The highest BCUT2D eigenvalue weighted by Gasteiger charge is 2.39. The van der Waals surface area contributed by atoms with Crippen molar-refractivity contribution in [2.24, 2.45) is 11.1 Å². The van der Waals surface area contributed by atoms with Crippen LogP contribution in [0.25, 0.3) is 11.1 Å². The molecule has 25 nitrogen and oxygen atoms in total. The fourth-order valence-electron chi connectivity index (χ4n) is 10.5. The summed E-state index contributed by atoms with van der Waals surface area (Å²) in [4.78, 5) is 151. The number of rotatable bonds is 39. The molecule has 1 aromatic heterocycles. The molecular formula is C70H90F2N10O15. The predicted octanol–water partition coefficient (Wildman–Crippen LogP) is 4.86. The second-order valence-electron chi connectivity index (χ2n) is 24.7. The van der Waals surface area contributed by atoms with Gasteiger partial charge in [-0.3, -0.25) is 52.8 Å². The first-order valence-corrected chi connectivity index (χ1v) is 32.0. The Bertz CT molecular complexity index is 3480. The summed E-state index contributed by atoms with van der Waals surface area (Å²) in [6.07, 6.45) is 0.958. The summed E-state index contributed by atoms with van der Waals surface area (Å²) in [7, 11) is 1.69. The van der Waals surface area contributed by atoms with Crippen LogP contribution in [0.3, 0.4) is 0 Å². The molecule has 0 aliphatic rings. The molecule has 0 saturated heterocycles. The molecule has 8 amide bonds. The minimum Gasteiger partial charge on any atom is -0.481 e. The number of nitrogens with two attached hydrogens (primary N) is 1. The van der Waals surface area contributed by atoms with Crippen molar-refractivity contribution in [1.82, 2.24) is 46.3 Å². The zero-order valence-electron chi connectivity index (χ0n) is 55.8. The molecule has 0 saturated carbocycles. The number of hydrogen-bond donors (Lipinski definition) is 9. The lowest BCUT2D eigenvalue weighted by Gasteiger charge is -2.41. The van der Waals surface area contributed by atoms with Gasteiger partial charge in [0.25, 0.3) is 0 Å². The molecule has 7 atom stereocenters. The number of carboxylic acids is 1. The zero-order valence-corrected chi connectivity index (χ0v) is 55.8. The average molecular weight is 1350 g/mol. The lowest BCUT2D eigenvalue weighted by Crippen LogP contribution is -2.58. The predicted molar refractivity (Wildman–Crippen MR) is 353 cm³/mol. The third-order valence-electron chi connectivity index (χ3n) is 15.9. The molecular weight excluding hydrogens is 1260 g/mol. The van der Waals surface area contributed by atoms with E-state index in [1.165, 1.54) is 18.7 Å². The number of carboxylic acid groups (broad SMARTS) is 1. The maximum absolute atomic E-state index is 15.6. The molecule has 5 aromatic rings. The second-order valence-corrected chi connectivity index (χ2v) is 24.7. The molecule has 0 radical (unpaired) electrons. The number of unbranched alkanes of at least 4 members (excludes halogenated alkanes) is 2. The molecule has 5 rings (SSSR count). The van der Waals surface area contributed by atoms with Crippen molar-refractivity contribution in [3.8, 4) is 11.1 Å². The van der Waals surface area contributed by atoms with Crippen LogP contribution in [-0.2, 0) is 82.0 Å². The fraction of sp³-hybridized carbons (Fsp3) is 0.443. The highest BCUT2D eigenvalue weighted by Crippen LogP contribution is 2.41. The number of benzene rings is 4. The number of amides is 8. The molecule has 97 heavy (non-hydrogen) atoms. The van der Waals surface area contributed by atoms with Gasteiger partial charge in [-0.1, -0.05) is 118 Å². The van der Waals surface area contributed by atoms with Crippen LogP contribution >= 0.6 is 0 Å². The van der Waals surface area contributed by atoms with Crippen molar-refractivity contribution in [3.05, 3.63) is 155 Å². The minimum absolute atomic E-state index is 0.0212. The number of carbonyl (C=O) groups is 11. The monoisotopic (exact) mass is 1350 g/mol. The Labute approximate surface area is 562 Å². The zero-order chi connectivity index (χ0) is 71.4. The van der Waals surface area contributed by atoms with Crippen molar-refractivity contribution in [3.63, 3.8) is 0 Å². The summed E-state index contributed by atoms with van der Waals surface area (Å²) in [5.74, 6) is -11.1. The van der Waals surface area contributed by atoms with Gasteiger partial charge in [-0.05, 0) is 106 Å². The van der Waals surface area contributed by atoms with Crippen molar-refractivity contribution < 1.29 is 81.2 Å². The number of esters is 2. The Morgan fingerprint density at radius 3 is 1.78 bits per heavy atom. The van der Waals surface area contributed by atoms with E-state index in [0.717, 1.165) is 29.3 Å². The average Bonchev–Trinajstić information content (AvgIpc) is 1.67. The number of likely N-dealkylation sites (N-methyl/N-ethyl adjacent to an activating group) is 1. The molecule has 0 fully saturated rings. The third-order valence-corrected chi connectivity index (χ3v) is 15.9. The summed E-state index contributed by atoms with van der Waals surface area (Å²) >= 11 is 0. The molecule has 1 heterocycles. The number of carbonyl (C=O) groups excluding carboxylic acids is 10. The quantitative estimate of drug-likeness (QED) is 0.0187. The van der Waals surface area contributed by atoms with Crippen LogP contribution in [0.2, 0.25) is 0 Å². The van der Waals surface area contributed by atoms with Crippen LogP contribution < -0.4 is 37.6 Å². The molecule has 0 aliphatic carbocycles. The number of halogens is 2. The van der Waals surface area contributed by atoms with E-state index in [9.17, 15) is 62.2 Å². The molecule has 4 aromatic carbocycles. The summed E-state index contributed by atoms with van der Waals surface area (Å²) < 4.78 is 43.0. The summed E-state index contributed by atoms with van der Waals surface area (Å²) in [6.45, 7) is 8.08. The first kappa shape index (κ1) is 77.8. The minimum atomic E-state index is -1.82. The molecule has 10 N–H and O–H groups in total. The molecule has 524 valence electrons. The number of hydrogen-bond acceptors (Lipinski definition) is 15. The van der Waals surface area contributed by atoms with Gasteiger partial charge in [0.15, 0.2) is 0 Å². The van der Waals surface area contributed by atoms with Crippen LogP contribution in [0.1, 0.15) is 128 Å². The van der Waals surface area contributed by atoms with Gasteiger partial charge in [0.1, 0.15) is 61.7 Å². The van der Waals surface area contributed by atoms with Crippen LogP contribution in [0, 0.1) is 17.0 Å². The Morgan fingerprint density at radius 2 is 1.20 bits per heavy atom. The standard InChI is InChI=1S/C70H90F2N10O15/c1-44(76-66(92)46(3)80(7)34-19-11-18-26-61(87)88)64(90)75-45(2)65(91)79-56(38-58(73)84)68(94)78-54(67(93)74-33-31-59(85)77-55(69(95)97-43-49-24-16-10-17-25-49)29-30-62(89)96-42-48-22-14-9-15-23-48)32-35-82(60(86)41-83)63(70(4,5)6)57-36-50(52-37-51(71)27-28-53(52)72)40-81(57)39-47-20-12-8-13-21-47/h8-10,12-17,20-25,27-28,36-37,40,44-46,54-56,63,83H,11,18-19,26,29-35,38-39,41-43H2,1-7H3,(H2,73,84)(H,74,93)(H,75,90)(H,76,92)(H,77,85)(H,78,94)(H,79,91)(H,87,88)/t44-,45-,46-,54-,55-,56-,63-/m0/s1. The molecule has 0 aliphatic heterocycles. The number of nitrogens with zero attached hydrogens (tertiary/aromatic N) is 3. The van der Waals surface area contributed by atoms with E-state index < -0.39 is 163 Å². The summed E-state index contributed by atoms with van der Waals surface area (Å²) in [5.41, 5.74) is 7.34. The van der Waals surface area contributed by atoms with Gasteiger partial charge >= 0.3 is 17.9 Å². The van der Waals surface area contributed by atoms with E-state index in [1.54, 1.807) is 129 Å². The maximum atomic E-state index is 15.6. The highest BCUT2D eigenvalue weighted by molar-refractivity contribution is 5.97. The van der Waals surface area contributed by atoms with Crippen molar-refractivity contribution >= 4 is 65.2 Å². The fourth-order valence-corrected chi connectivity index (χ4v) is 10.5. The van der Waals surface area contributed by atoms with E-state index in [4.69, 9.17) is 20.3 Å². The topological polar surface area (TPSA) is 356 Å². The van der Waals surface area contributed by atoms with E-state index in [2.05, 4.69) is 31.9 Å². The Kier molecular flexibility index (Phi) is 31.0. The van der Waals surface area contributed by atoms with Crippen LogP contribution in [-0.4, -0.2) is 159 Å². The van der Waals surface area contributed by atoms with Crippen molar-refractivity contribution in [2.45, 2.75) is 161 Å². The van der Waals surface area contributed by atoms with Gasteiger partial charge in [-0.25, -0.2) is 13.6 Å². The number of primary amides is 1. The molecule has 0 bridgehead atoms. The van der Waals surface area contributed by atoms with E-state index in [-0.39, 0.29) is 50.1 Å². The smallest absolute Gasteiger partial charge is 0.328 e. The largest absolute Gasteiger partial charge is 0.481 e. The molecule has 27 heteroatoms. The first-order chi connectivity index (χ1) is 46.0. The SMILES string of the molecule is C[C@H](NC(=O)[C@H](C)NC(=O)[C@H](C)N(C)CCCCCC(=O)O)C(=O)N[C@@H](CC(N)=O)C(=O)N[C@@H](CCN(C(=O)CO)[C@@H](c1cc(-c2cc(F)ccc2F)cn1Cc1ccccc1)C(C)(C)C)C(=O)NCCC(=O)N[C@@H](CCC(=O)OCc1ccccc1)C(=O)OCc1ccccc1. The number of aliphatic hydroxyl groups excluding tert-OH is 1. The molecule has 0 spiro atoms. The number of nitrogens with one attached hydrogen (secondary N) is 6. The maximum Gasteiger partial charge on any atom is 0.328 e. The van der Waals surface area contributed by atoms with Gasteiger partial charge < -0.3 is 66.8 Å². The number of aliphatic hydroxyl groups is 1. The lowest BCUT2D eigenvalue weighted by atomic mass is 9.82. The van der Waals surface area contributed by atoms with Gasteiger partial charge in [-0.2, -0.15) is 0 Å². The Morgan fingerprint density at radius 1 is 0.619 bits per heavy atom. The van der Waals surface area contributed by atoms with E-state index in [0.29, 0.717) is 37.1 Å². The highest BCUT2D eigenvalue weighted by atomic mass is 19.1. The Hall–Kier alpha value is -9.89. The van der Waals surface area contributed by atoms with Gasteiger partial charge in [0.05, 0.1) is 18.5 Å². The van der Waals surface area contributed by atoms with Crippen molar-refractivity contribution in [1.29, 1.82) is 0 Å². The third kappa shape index (κ3) is 26.0. The van der Waals surface area contributed by atoms with Gasteiger partial charge in [0.2, 0.25) is 47.3 Å². The van der Waals surface area contributed by atoms with Gasteiger partial charge in [0, 0.05) is 61.9 Å². The first-order valence-electron chi connectivity index (χ1n) is 32.0. The van der Waals surface area contributed by atoms with Gasteiger partial charge in [-0.15, -0.1) is 0 Å².